The van der Waals surface area contributed by atoms with Gasteiger partial charge in [-0.05, 0) is 47.5 Å². The molecule has 0 amide bonds. The van der Waals surface area contributed by atoms with Crippen LogP contribution in [0.3, 0.4) is 0 Å². The standard InChI is InChI=1S/C15H13BrN4/c1-10-8-13(16)9-11(2)14(10)20-15(17-18-19-20)12-6-4-3-5-7-12/h3-9H,1-2H3. The number of halogens is 1. The molecule has 3 aromatic rings. The molecule has 100 valence electrons. The first kappa shape index (κ1) is 13.0. The van der Waals surface area contributed by atoms with Crippen molar-refractivity contribution in [2.24, 2.45) is 0 Å². The van der Waals surface area contributed by atoms with Crippen LogP contribution in [0.1, 0.15) is 11.1 Å². The molecule has 1 heterocycles. The number of aromatic nitrogens is 4. The highest BCUT2D eigenvalue weighted by Crippen LogP contribution is 2.26. The average molecular weight is 329 g/mol. The average Bonchev–Trinajstić information content (AvgIpc) is 2.87. The fourth-order valence-corrected chi connectivity index (χ4v) is 3.03. The summed E-state index contributed by atoms with van der Waals surface area (Å²) >= 11 is 3.51. The summed E-state index contributed by atoms with van der Waals surface area (Å²) in [5, 5.41) is 12.1. The van der Waals surface area contributed by atoms with Gasteiger partial charge in [-0.25, -0.2) is 0 Å². The van der Waals surface area contributed by atoms with Crippen molar-refractivity contribution in [3.05, 3.63) is 58.1 Å². The van der Waals surface area contributed by atoms with Gasteiger partial charge in [0.1, 0.15) is 0 Å². The summed E-state index contributed by atoms with van der Waals surface area (Å²) in [4.78, 5) is 0. The zero-order valence-electron chi connectivity index (χ0n) is 11.2. The maximum absolute atomic E-state index is 4.16. The van der Waals surface area contributed by atoms with E-state index >= 15 is 0 Å². The van der Waals surface area contributed by atoms with Crippen LogP contribution < -0.4 is 0 Å². The minimum atomic E-state index is 0.749. The number of tetrazole rings is 1. The summed E-state index contributed by atoms with van der Waals surface area (Å²) in [6, 6.07) is 14.1. The highest BCUT2D eigenvalue weighted by atomic mass is 79.9. The van der Waals surface area contributed by atoms with Gasteiger partial charge in [0.15, 0.2) is 5.82 Å². The second-order valence-electron chi connectivity index (χ2n) is 4.67. The van der Waals surface area contributed by atoms with Crippen LogP contribution in [0.4, 0.5) is 0 Å². The van der Waals surface area contributed by atoms with Crippen molar-refractivity contribution in [1.29, 1.82) is 0 Å². The van der Waals surface area contributed by atoms with E-state index in [-0.39, 0.29) is 0 Å². The Morgan fingerprint density at radius 3 is 2.30 bits per heavy atom. The maximum Gasteiger partial charge on any atom is 0.187 e. The second kappa shape index (κ2) is 5.17. The van der Waals surface area contributed by atoms with Crippen molar-refractivity contribution >= 4 is 15.9 Å². The first-order valence-corrected chi connectivity index (χ1v) is 7.07. The Balaban J connectivity index is 2.21. The third-order valence-electron chi connectivity index (χ3n) is 3.17. The predicted octanol–water partition coefficient (Wildman–Crippen LogP) is 3.71. The normalized spacial score (nSPS) is 10.8. The monoisotopic (exact) mass is 328 g/mol. The highest BCUT2D eigenvalue weighted by Gasteiger charge is 2.14. The van der Waals surface area contributed by atoms with Crippen LogP contribution in [0, 0.1) is 13.8 Å². The van der Waals surface area contributed by atoms with Crippen LogP contribution in [0.2, 0.25) is 0 Å². The van der Waals surface area contributed by atoms with Crippen LogP contribution in [-0.4, -0.2) is 20.2 Å². The van der Waals surface area contributed by atoms with E-state index in [4.69, 9.17) is 0 Å². The van der Waals surface area contributed by atoms with Gasteiger partial charge in [0.05, 0.1) is 5.69 Å². The highest BCUT2D eigenvalue weighted by molar-refractivity contribution is 9.10. The SMILES string of the molecule is Cc1cc(Br)cc(C)c1-n1nnnc1-c1ccccc1. The largest absolute Gasteiger partial charge is 0.192 e. The van der Waals surface area contributed by atoms with Gasteiger partial charge in [-0.15, -0.1) is 5.10 Å². The van der Waals surface area contributed by atoms with Gasteiger partial charge in [0, 0.05) is 10.0 Å². The quantitative estimate of drug-likeness (QED) is 0.720. The zero-order valence-corrected chi connectivity index (χ0v) is 12.8. The summed E-state index contributed by atoms with van der Waals surface area (Å²) < 4.78 is 2.86. The molecule has 0 unspecified atom stereocenters. The molecule has 0 atom stereocenters. The molecular formula is C15H13BrN4. The molecular weight excluding hydrogens is 316 g/mol. The van der Waals surface area contributed by atoms with Gasteiger partial charge in [-0.3, -0.25) is 0 Å². The first-order valence-electron chi connectivity index (χ1n) is 6.28. The van der Waals surface area contributed by atoms with E-state index in [1.807, 2.05) is 30.3 Å². The van der Waals surface area contributed by atoms with E-state index in [1.54, 1.807) is 4.68 Å². The lowest BCUT2D eigenvalue weighted by atomic mass is 10.1. The number of nitrogens with zero attached hydrogens (tertiary/aromatic N) is 4. The Kier molecular flexibility index (Phi) is 3.36. The molecule has 0 spiro atoms. The molecule has 0 aliphatic rings. The number of benzene rings is 2. The van der Waals surface area contributed by atoms with Crippen LogP contribution >= 0.6 is 15.9 Å². The molecule has 3 rings (SSSR count). The summed E-state index contributed by atoms with van der Waals surface area (Å²) in [6.07, 6.45) is 0. The van der Waals surface area contributed by atoms with Gasteiger partial charge < -0.3 is 0 Å². The van der Waals surface area contributed by atoms with Crippen molar-refractivity contribution in [2.75, 3.05) is 0 Å². The Bertz CT molecular complexity index is 727. The summed E-state index contributed by atoms with van der Waals surface area (Å²) in [6.45, 7) is 4.12. The molecule has 0 saturated heterocycles. The Morgan fingerprint density at radius 2 is 1.65 bits per heavy atom. The molecule has 0 aliphatic heterocycles. The lowest BCUT2D eigenvalue weighted by molar-refractivity contribution is 0.783. The minimum Gasteiger partial charge on any atom is -0.192 e. The van der Waals surface area contributed by atoms with E-state index in [2.05, 4.69) is 57.4 Å². The molecule has 0 bridgehead atoms. The van der Waals surface area contributed by atoms with Crippen LogP contribution in [0.5, 0.6) is 0 Å². The molecule has 20 heavy (non-hydrogen) atoms. The summed E-state index contributed by atoms with van der Waals surface area (Å²) in [7, 11) is 0. The van der Waals surface area contributed by atoms with Gasteiger partial charge in [0.25, 0.3) is 0 Å². The van der Waals surface area contributed by atoms with Crippen molar-refractivity contribution in [3.8, 4) is 17.1 Å². The summed E-state index contributed by atoms with van der Waals surface area (Å²) in [5.74, 6) is 0.749. The fraction of sp³-hybridized carbons (Fsp3) is 0.133. The lowest BCUT2D eigenvalue weighted by Gasteiger charge is -2.11. The van der Waals surface area contributed by atoms with Crippen molar-refractivity contribution < 1.29 is 0 Å². The summed E-state index contributed by atoms with van der Waals surface area (Å²) in [5.41, 5.74) is 4.28. The van der Waals surface area contributed by atoms with Gasteiger partial charge in [0.2, 0.25) is 0 Å². The molecule has 0 aliphatic carbocycles. The van der Waals surface area contributed by atoms with Gasteiger partial charge >= 0.3 is 0 Å². The minimum absolute atomic E-state index is 0.749. The third-order valence-corrected chi connectivity index (χ3v) is 3.63. The van der Waals surface area contributed by atoms with Crippen molar-refractivity contribution in [2.45, 2.75) is 13.8 Å². The topological polar surface area (TPSA) is 43.6 Å². The second-order valence-corrected chi connectivity index (χ2v) is 5.58. The van der Waals surface area contributed by atoms with E-state index in [0.29, 0.717) is 0 Å². The molecule has 4 nitrogen and oxygen atoms in total. The number of hydrogen-bond donors (Lipinski definition) is 0. The van der Waals surface area contributed by atoms with Crippen molar-refractivity contribution in [1.82, 2.24) is 20.2 Å². The molecule has 5 heteroatoms. The molecule has 0 radical (unpaired) electrons. The lowest BCUT2D eigenvalue weighted by Crippen LogP contribution is -2.04. The van der Waals surface area contributed by atoms with Crippen LogP contribution in [0.15, 0.2) is 46.9 Å². The van der Waals surface area contributed by atoms with Gasteiger partial charge in [-0.1, -0.05) is 46.3 Å². The van der Waals surface area contributed by atoms with E-state index in [9.17, 15) is 0 Å². The number of hydrogen-bond acceptors (Lipinski definition) is 3. The smallest absolute Gasteiger partial charge is 0.187 e. The third kappa shape index (κ3) is 2.25. The Hall–Kier alpha value is -2.01. The number of aryl methyl sites for hydroxylation is 2. The molecule has 0 fully saturated rings. The molecule has 1 aromatic heterocycles. The molecule has 2 aromatic carbocycles. The zero-order chi connectivity index (χ0) is 14.1. The van der Waals surface area contributed by atoms with Crippen LogP contribution in [0.25, 0.3) is 17.1 Å². The van der Waals surface area contributed by atoms with E-state index in [0.717, 1.165) is 32.7 Å². The predicted molar refractivity (Wildman–Crippen MR) is 81.8 cm³/mol. The van der Waals surface area contributed by atoms with Gasteiger partial charge in [-0.2, -0.15) is 4.68 Å². The van der Waals surface area contributed by atoms with E-state index in [1.165, 1.54) is 0 Å². The fourth-order valence-electron chi connectivity index (χ4n) is 2.34. The maximum atomic E-state index is 4.16. The first-order chi connectivity index (χ1) is 9.66. The van der Waals surface area contributed by atoms with Crippen LogP contribution in [-0.2, 0) is 0 Å². The van der Waals surface area contributed by atoms with E-state index < -0.39 is 0 Å². The molecule has 0 saturated carbocycles. The molecule has 0 N–H and O–H groups in total. The Labute approximate surface area is 125 Å². The number of rotatable bonds is 2. The Morgan fingerprint density at radius 1 is 1.00 bits per heavy atom. The van der Waals surface area contributed by atoms with Crippen molar-refractivity contribution in [3.63, 3.8) is 0 Å².